The third-order valence-electron chi connectivity index (χ3n) is 2.83. The maximum absolute atomic E-state index is 11.9. The predicted molar refractivity (Wildman–Crippen MR) is 76.3 cm³/mol. The summed E-state index contributed by atoms with van der Waals surface area (Å²) < 4.78 is 6.30. The van der Waals surface area contributed by atoms with Crippen molar-refractivity contribution in [3.63, 3.8) is 0 Å². The van der Waals surface area contributed by atoms with E-state index < -0.39 is 0 Å². The van der Waals surface area contributed by atoms with Crippen LogP contribution >= 0.6 is 27.3 Å². The van der Waals surface area contributed by atoms with Gasteiger partial charge in [0.15, 0.2) is 0 Å². The molecule has 0 atom stereocenters. The van der Waals surface area contributed by atoms with Crippen LogP contribution in [0.3, 0.4) is 0 Å². The third-order valence-corrected chi connectivity index (χ3v) is 4.28. The molecule has 0 N–H and O–H groups in total. The van der Waals surface area contributed by atoms with Gasteiger partial charge < -0.3 is 4.74 Å². The van der Waals surface area contributed by atoms with E-state index in [1.54, 1.807) is 16.2 Å². The van der Waals surface area contributed by atoms with E-state index in [1.165, 1.54) is 0 Å². The van der Waals surface area contributed by atoms with Gasteiger partial charge in [-0.15, -0.1) is 11.3 Å². The van der Waals surface area contributed by atoms with Crippen LogP contribution in [-0.2, 0) is 13.1 Å². The Balaban J connectivity index is 1.82. The number of carbonyl (C=O) groups excluding carboxylic acids is 1. The minimum atomic E-state index is -0.317. The van der Waals surface area contributed by atoms with E-state index in [0.717, 1.165) is 20.7 Å². The van der Waals surface area contributed by atoms with Crippen LogP contribution in [0, 0.1) is 6.92 Å². The number of aryl methyl sites for hydroxylation is 1. The van der Waals surface area contributed by atoms with Gasteiger partial charge in [-0.3, -0.25) is 4.90 Å². The molecular formula is C13H11BrN2O2S. The van der Waals surface area contributed by atoms with Crippen LogP contribution < -0.4 is 4.74 Å². The van der Waals surface area contributed by atoms with Gasteiger partial charge in [0.25, 0.3) is 0 Å². The summed E-state index contributed by atoms with van der Waals surface area (Å²) in [6, 6.07) is 5.65. The van der Waals surface area contributed by atoms with Crippen molar-refractivity contribution in [2.24, 2.45) is 0 Å². The number of fused-ring (bicyclic) bond motifs is 1. The Morgan fingerprint density at radius 1 is 1.53 bits per heavy atom. The quantitative estimate of drug-likeness (QED) is 0.837. The summed E-state index contributed by atoms with van der Waals surface area (Å²) in [6.07, 6.45) is -0.317. The molecule has 2 heterocycles. The SMILES string of the molecule is Cc1csc(CN2Cc3cc(Br)ccc3OC2=O)n1. The maximum atomic E-state index is 11.9. The van der Waals surface area contributed by atoms with E-state index in [4.69, 9.17) is 4.74 Å². The van der Waals surface area contributed by atoms with Gasteiger partial charge in [0.05, 0.1) is 13.1 Å². The molecule has 0 unspecified atom stereocenters. The highest BCUT2D eigenvalue weighted by molar-refractivity contribution is 9.10. The molecule has 0 saturated heterocycles. The van der Waals surface area contributed by atoms with E-state index in [-0.39, 0.29) is 6.09 Å². The molecule has 19 heavy (non-hydrogen) atoms. The van der Waals surface area contributed by atoms with Crippen molar-refractivity contribution in [2.45, 2.75) is 20.0 Å². The molecular weight excluding hydrogens is 328 g/mol. The van der Waals surface area contributed by atoms with Crippen molar-refractivity contribution in [1.29, 1.82) is 0 Å². The van der Waals surface area contributed by atoms with E-state index >= 15 is 0 Å². The van der Waals surface area contributed by atoms with Crippen LogP contribution in [0.5, 0.6) is 5.75 Å². The molecule has 1 aromatic heterocycles. The average Bonchev–Trinajstić information content (AvgIpc) is 2.76. The first-order valence-electron chi connectivity index (χ1n) is 5.78. The van der Waals surface area contributed by atoms with E-state index in [0.29, 0.717) is 18.8 Å². The number of hydrogen-bond acceptors (Lipinski definition) is 4. The Bertz CT molecular complexity index is 641. The maximum Gasteiger partial charge on any atom is 0.415 e. The summed E-state index contributed by atoms with van der Waals surface area (Å²) >= 11 is 4.99. The molecule has 0 radical (unpaired) electrons. The van der Waals surface area contributed by atoms with Crippen molar-refractivity contribution < 1.29 is 9.53 Å². The lowest BCUT2D eigenvalue weighted by atomic mass is 10.1. The zero-order valence-corrected chi connectivity index (χ0v) is 12.6. The molecule has 1 aliphatic heterocycles. The molecule has 0 saturated carbocycles. The van der Waals surface area contributed by atoms with E-state index in [9.17, 15) is 4.79 Å². The van der Waals surface area contributed by atoms with Gasteiger partial charge in [-0.1, -0.05) is 15.9 Å². The summed E-state index contributed by atoms with van der Waals surface area (Å²) in [5.41, 5.74) is 1.98. The lowest BCUT2D eigenvalue weighted by Crippen LogP contribution is -2.36. The fraction of sp³-hybridized carbons (Fsp3) is 0.231. The van der Waals surface area contributed by atoms with Gasteiger partial charge in [0, 0.05) is 21.1 Å². The predicted octanol–water partition coefficient (Wildman–Crippen LogP) is 3.73. The molecule has 0 aliphatic carbocycles. The molecule has 1 aliphatic rings. The minimum absolute atomic E-state index is 0.317. The minimum Gasteiger partial charge on any atom is -0.410 e. The number of amides is 1. The number of benzene rings is 1. The first-order valence-corrected chi connectivity index (χ1v) is 7.45. The van der Waals surface area contributed by atoms with Gasteiger partial charge in [-0.25, -0.2) is 9.78 Å². The van der Waals surface area contributed by atoms with Crippen LogP contribution in [0.2, 0.25) is 0 Å². The fourth-order valence-corrected chi connectivity index (χ4v) is 3.15. The Hall–Kier alpha value is -1.40. The van der Waals surface area contributed by atoms with Crippen molar-refractivity contribution >= 4 is 33.4 Å². The van der Waals surface area contributed by atoms with Crippen LogP contribution in [0.4, 0.5) is 4.79 Å². The molecule has 1 amide bonds. The summed E-state index contributed by atoms with van der Waals surface area (Å²) in [4.78, 5) is 18.0. The van der Waals surface area contributed by atoms with E-state index in [2.05, 4.69) is 20.9 Å². The average molecular weight is 339 g/mol. The molecule has 4 nitrogen and oxygen atoms in total. The lowest BCUT2D eigenvalue weighted by molar-refractivity contribution is 0.135. The van der Waals surface area contributed by atoms with E-state index in [1.807, 2.05) is 30.5 Å². The van der Waals surface area contributed by atoms with Gasteiger partial charge >= 0.3 is 6.09 Å². The molecule has 2 aromatic rings. The second-order valence-corrected chi connectivity index (χ2v) is 6.22. The largest absolute Gasteiger partial charge is 0.415 e. The molecule has 0 fully saturated rings. The molecule has 0 bridgehead atoms. The Morgan fingerprint density at radius 3 is 3.11 bits per heavy atom. The topological polar surface area (TPSA) is 42.4 Å². The fourth-order valence-electron chi connectivity index (χ4n) is 1.96. The Kier molecular flexibility index (Phi) is 3.28. The Morgan fingerprint density at radius 2 is 2.37 bits per heavy atom. The lowest BCUT2D eigenvalue weighted by Gasteiger charge is -2.27. The number of rotatable bonds is 2. The second-order valence-electron chi connectivity index (χ2n) is 4.36. The van der Waals surface area contributed by atoms with Gasteiger partial charge in [0.1, 0.15) is 10.8 Å². The summed E-state index contributed by atoms with van der Waals surface area (Å²) in [5, 5.41) is 2.91. The van der Waals surface area contributed by atoms with Crippen LogP contribution in [0.1, 0.15) is 16.3 Å². The zero-order valence-electron chi connectivity index (χ0n) is 10.2. The summed E-state index contributed by atoms with van der Waals surface area (Å²) in [5.74, 6) is 0.639. The van der Waals surface area contributed by atoms with Crippen molar-refractivity contribution in [1.82, 2.24) is 9.88 Å². The number of halogens is 1. The zero-order chi connectivity index (χ0) is 13.4. The number of aromatic nitrogens is 1. The molecule has 6 heteroatoms. The Labute approximate surface area is 123 Å². The number of carbonyl (C=O) groups is 1. The molecule has 1 aromatic carbocycles. The number of ether oxygens (including phenoxy) is 1. The van der Waals surface area contributed by atoms with Gasteiger partial charge in [0.2, 0.25) is 0 Å². The molecule has 98 valence electrons. The first-order chi connectivity index (χ1) is 9.11. The third kappa shape index (κ3) is 2.64. The summed E-state index contributed by atoms with van der Waals surface area (Å²) in [7, 11) is 0. The first kappa shape index (κ1) is 12.6. The number of nitrogens with zero attached hydrogens (tertiary/aromatic N) is 2. The molecule has 3 rings (SSSR count). The van der Waals surface area contributed by atoms with Crippen molar-refractivity contribution in [3.05, 3.63) is 44.3 Å². The van der Waals surface area contributed by atoms with Crippen molar-refractivity contribution in [2.75, 3.05) is 0 Å². The number of thiazole rings is 1. The standard InChI is InChI=1S/C13H11BrN2O2S/c1-8-7-19-12(15-8)6-16-5-9-4-10(14)2-3-11(9)18-13(16)17/h2-4,7H,5-6H2,1H3. The van der Waals surface area contributed by atoms with Gasteiger partial charge in [-0.05, 0) is 25.1 Å². The molecule has 0 spiro atoms. The van der Waals surface area contributed by atoms with Crippen LogP contribution in [-0.4, -0.2) is 16.0 Å². The highest BCUT2D eigenvalue weighted by atomic mass is 79.9. The normalized spacial score (nSPS) is 14.2. The van der Waals surface area contributed by atoms with Crippen LogP contribution in [0.25, 0.3) is 0 Å². The van der Waals surface area contributed by atoms with Gasteiger partial charge in [-0.2, -0.15) is 0 Å². The highest BCUT2D eigenvalue weighted by Crippen LogP contribution is 2.29. The monoisotopic (exact) mass is 338 g/mol. The highest BCUT2D eigenvalue weighted by Gasteiger charge is 2.25. The summed E-state index contributed by atoms with van der Waals surface area (Å²) in [6.45, 7) is 2.98. The number of hydrogen-bond donors (Lipinski definition) is 0. The van der Waals surface area contributed by atoms with Crippen molar-refractivity contribution in [3.8, 4) is 5.75 Å². The second kappa shape index (κ2) is 4.94. The smallest absolute Gasteiger partial charge is 0.410 e. The van der Waals surface area contributed by atoms with Crippen LogP contribution in [0.15, 0.2) is 28.1 Å².